The van der Waals surface area contributed by atoms with Crippen LogP contribution in [0.15, 0.2) is 47.4 Å². The summed E-state index contributed by atoms with van der Waals surface area (Å²) in [4.78, 5) is 17.1. The van der Waals surface area contributed by atoms with Crippen LogP contribution in [-0.4, -0.2) is 53.0 Å². The van der Waals surface area contributed by atoms with Crippen molar-refractivity contribution in [3.63, 3.8) is 0 Å². The topological polar surface area (TPSA) is 102 Å². The number of hydrogen-bond donors (Lipinski definition) is 1. The second kappa shape index (κ2) is 9.35. The number of fused-ring (bicyclic) bond motifs is 1. The summed E-state index contributed by atoms with van der Waals surface area (Å²) in [5.74, 6) is -0.229. The summed E-state index contributed by atoms with van der Waals surface area (Å²) in [6.45, 7) is 3.53. The molecule has 0 saturated carbocycles. The van der Waals surface area contributed by atoms with Gasteiger partial charge in [-0.15, -0.1) is 0 Å². The maximum Gasteiger partial charge on any atom is 0.338 e. The number of halogens is 1. The fourth-order valence-corrected chi connectivity index (χ4v) is 4.63. The van der Waals surface area contributed by atoms with Gasteiger partial charge in [0.1, 0.15) is 12.4 Å². The van der Waals surface area contributed by atoms with Gasteiger partial charge in [0.25, 0.3) is 0 Å². The Morgan fingerprint density at radius 2 is 2.00 bits per heavy atom. The zero-order chi connectivity index (χ0) is 22.8. The highest BCUT2D eigenvalue weighted by molar-refractivity contribution is 7.89. The Bertz CT molecular complexity index is 1210. The summed E-state index contributed by atoms with van der Waals surface area (Å²) in [5.41, 5.74) is 1.50. The van der Waals surface area contributed by atoms with E-state index in [0.29, 0.717) is 16.4 Å². The Morgan fingerprint density at radius 1 is 1.26 bits per heavy atom. The number of sulfonamides is 1. The number of ether oxygens (including phenoxy) is 1. The van der Waals surface area contributed by atoms with Gasteiger partial charge in [-0.2, -0.15) is 4.31 Å². The van der Waals surface area contributed by atoms with Crippen LogP contribution in [0.1, 0.15) is 30.0 Å². The van der Waals surface area contributed by atoms with E-state index in [1.54, 1.807) is 36.6 Å². The molecule has 0 atom stereocenters. The SMILES string of the molecule is CC(C)N(C)S(=O)(=O)c1cccc(C(=O)OCc2nc3ccc(Cl)cc3n2CCO)c1. The number of rotatable bonds is 8. The van der Waals surface area contributed by atoms with Crippen LogP contribution >= 0.6 is 11.6 Å². The van der Waals surface area contributed by atoms with Gasteiger partial charge in [-0.05, 0) is 50.2 Å². The number of aliphatic hydroxyl groups excluding tert-OH is 1. The number of benzene rings is 2. The number of carbonyl (C=O) groups excluding carboxylic acids is 1. The zero-order valence-corrected chi connectivity index (χ0v) is 19.0. The molecule has 166 valence electrons. The summed E-state index contributed by atoms with van der Waals surface area (Å²) in [6.07, 6.45) is 0. The quantitative estimate of drug-likeness (QED) is 0.513. The molecule has 0 saturated heterocycles. The summed E-state index contributed by atoms with van der Waals surface area (Å²) < 4.78 is 33.8. The van der Waals surface area contributed by atoms with Crippen molar-refractivity contribution in [2.24, 2.45) is 0 Å². The molecule has 0 spiro atoms. The smallest absolute Gasteiger partial charge is 0.338 e. The molecule has 0 fully saturated rings. The van der Waals surface area contributed by atoms with E-state index in [1.807, 2.05) is 0 Å². The van der Waals surface area contributed by atoms with Crippen LogP contribution in [0.5, 0.6) is 0 Å². The van der Waals surface area contributed by atoms with Crippen molar-refractivity contribution < 1.29 is 23.1 Å². The molecule has 0 bridgehead atoms. The zero-order valence-electron chi connectivity index (χ0n) is 17.4. The predicted octanol–water partition coefficient (Wildman–Crippen LogP) is 3.07. The third kappa shape index (κ3) is 4.90. The van der Waals surface area contributed by atoms with Gasteiger partial charge in [0, 0.05) is 24.7 Å². The first kappa shape index (κ1) is 23.2. The van der Waals surface area contributed by atoms with Gasteiger partial charge in [-0.25, -0.2) is 18.2 Å². The highest BCUT2D eigenvalue weighted by Gasteiger charge is 2.24. The summed E-state index contributed by atoms with van der Waals surface area (Å²) >= 11 is 6.06. The van der Waals surface area contributed by atoms with E-state index < -0.39 is 16.0 Å². The molecule has 31 heavy (non-hydrogen) atoms. The lowest BCUT2D eigenvalue weighted by Gasteiger charge is -2.21. The Labute approximate surface area is 186 Å². The Kier molecular flexibility index (Phi) is 7.00. The molecule has 0 amide bonds. The van der Waals surface area contributed by atoms with Gasteiger partial charge in [0.2, 0.25) is 10.0 Å². The molecular formula is C21H24ClN3O5S. The second-order valence-corrected chi connectivity index (χ2v) is 9.69. The van der Waals surface area contributed by atoms with E-state index in [2.05, 4.69) is 4.98 Å². The van der Waals surface area contributed by atoms with Crippen LogP contribution in [-0.2, 0) is 27.9 Å². The number of esters is 1. The molecule has 1 aromatic heterocycles. The summed E-state index contributed by atoms with van der Waals surface area (Å²) in [7, 11) is -2.24. The van der Waals surface area contributed by atoms with Gasteiger partial charge in [0.05, 0.1) is 28.1 Å². The maximum absolute atomic E-state index is 12.7. The number of hydrogen-bond acceptors (Lipinski definition) is 6. The molecule has 2 aromatic carbocycles. The summed E-state index contributed by atoms with van der Waals surface area (Å²) in [6, 6.07) is 10.7. The normalized spacial score (nSPS) is 12.1. The molecule has 0 aliphatic rings. The Balaban J connectivity index is 1.83. The van der Waals surface area contributed by atoms with E-state index in [4.69, 9.17) is 16.3 Å². The van der Waals surface area contributed by atoms with Crippen LogP contribution in [0, 0.1) is 0 Å². The molecule has 3 aromatic rings. The average molecular weight is 466 g/mol. The van der Waals surface area contributed by atoms with Crippen molar-refractivity contribution in [1.82, 2.24) is 13.9 Å². The van der Waals surface area contributed by atoms with Crippen molar-refractivity contribution >= 4 is 38.6 Å². The first-order valence-electron chi connectivity index (χ1n) is 9.66. The van der Waals surface area contributed by atoms with Gasteiger partial charge in [-0.1, -0.05) is 17.7 Å². The lowest BCUT2D eigenvalue weighted by molar-refractivity contribution is 0.0457. The fraction of sp³-hybridized carbons (Fsp3) is 0.333. The van der Waals surface area contributed by atoms with E-state index in [9.17, 15) is 18.3 Å². The number of aromatic nitrogens is 2. The van der Waals surface area contributed by atoms with E-state index in [0.717, 1.165) is 5.52 Å². The molecule has 0 aliphatic carbocycles. The van der Waals surface area contributed by atoms with Crippen LogP contribution in [0.2, 0.25) is 5.02 Å². The number of carbonyl (C=O) groups is 1. The molecule has 0 aliphatic heterocycles. The van der Waals surface area contributed by atoms with Crippen molar-refractivity contribution in [3.8, 4) is 0 Å². The monoisotopic (exact) mass is 465 g/mol. The molecule has 0 unspecified atom stereocenters. The molecule has 10 heteroatoms. The average Bonchev–Trinajstić information content (AvgIpc) is 3.08. The number of nitrogens with zero attached hydrogens (tertiary/aromatic N) is 3. The molecular weight excluding hydrogens is 442 g/mol. The number of imidazole rings is 1. The highest BCUT2D eigenvalue weighted by Crippen LogP contribution is 2.22. The largest absolute Gasteiger partial charge is 0.454 e. The van der Waals surface area contributed by atoms with Crippen molar-refractivity contribution in [3.05, 3.63) is 58.9 Å². The minimum Gasteiger partial charge on any atom is -0.454 e. The van der Waals surface area contributed by atoms with Gasteiger partial charge < -0.3 is 14.4 Å². The van der Waals surface area contributed by atoms with Crippen LogP contribution in [0.25, 0.3) is 11.0 Å². The molecule has 0 radical (unpaired) electrons. The first-order chi connectivity index (χ1) is 14.6. The molecule has 1 N–H and O–H groups in total. The van der Waals surface area contributed by atoms with E-state index >= 15 is 0 Å². The Morgan fingerprint density at radius 3 is 2.68 bits per heavy atom. The minimum atomic E-state index is -3.73. The van der Waals surface area contributed by atoms with Crippen molar-refractivity contribution in [2.75, 3.05) is 13.7 Å². The first-order valence-corrected chi connectivity index (χ1v) is 11.5. The van der Waals surface area contributed by atoms with E-state index in [1.165, 1.54) is 35.6 Å². The van der Waals surface area contributed by atoms with Crippen molar-refractivity contribution in [2.45, 2.75) is 37.9 Å². The Hall–Kier alpha value is -2.46. The summed E-state index contributed by atoms with van der Waals surface area (Å²) in [5, 5.41) is 9.91. The lowest BCUT2D eigenvalue weighted by atomic mass is 10.2. The van der Waals surface area contributed by atoms with Crippen LogP contribution < -0.4 is 0 Å². The van der Waals surface area contributed by atoms with Gasteiger partial charge in [-0.3, -0.25) is 0 Å². The molecule has 3 rings (SSSR count). The standard InChI is InChI=1S/C21H24ClN3O5S/c1-14(2)24(3)31(28,29)17-6-4-5-15(11-17)21(27)30-13-20-23-18-8-7-16(22)12-19(18)25(20)9-10-26/h4-8,11-12,14,26H,9-10,13H2,1-3H3. The highest BCUT2D eigenvalue weighted by atomic mass is 35.5. The van der Waals surface area contributed by atoms with Crippen LogP contribution in [0.3, 0.4) is 0 Å². The lowest BCUT2D eigenvalue weighted by Crippen LogP contribution is -2.33. The van der Waals surface area contributed by atoms with Gasteiger partial charge >= 0.3 is 5.97 Å². The van der Waals surface area contributed by atoms with E-state index in [-0.39, 0.29) is 36.3 Å². The second-order valence-electron chi connectivity index (χ2n) is 7.26. The third-order valence-electron chi connectivity index (χ3n) is 4.92. The minimum absolute atomic E-state index is 0.0142. The molecule has 1 heterocycles. The maximum atomic E-state index is 12.7. The fourth-order valence-electron chi connectivity index (χ4n) is 3.05. The van der Waals surface area contributed by atoms with Gasteiger partial charge in [0.15, 0.2) is 0 Å². The molecule has 8 nitrogen and oxygen atoms in total. The van der Waals surface area contributed by atoms with Crippen LogP contribution in [0.4, 0.5) is 0 Å². The number of aliphatic hydroxyl groups is 1. The third-order valence-corrected chi connectivity index (χ3v) is 7.18. The van der Waals surface area contributed by atoms with Crippen molar-refractivity contribution in [1.29, 1.82) is 0 Å². The predicted molar refractivity (Wildman–Crippen MR) is 117 cm³/mol.